The third-order valence-electron chi connectivity index (χ3n) is 20.5. The minimum absolute atomic E-state index is 0.813. The second kappa shape index (κ2) is 28.3. The molecule has 504 valence electrons. The fourth-order valence-corrected chi connectivity index (χ4v) is 15.1. The lowest BCUT2D eigenvalue weighted by atomic mass is 9.92. The van der Waals surface area contributed by atoms with Crippen LogP contribution in [0.4, 0.5) is 0 Å². The number of nitrogens with zero attached hydrogens (tertiary/aromatic N) is 7. The second-order valence-electron chi connectivity index (χ2n) is 27.1. The maximum Gasteiger partial charge on any atom is 0.0972 e. The third-order valence-corrected chi connectivity index (χ3v) is 20.5. The fourth-order valence-electron chi connectivity index (χ4n) is 15.1. The number of hydrogen-bond acceptors (Lipinski definition) is 7. The summed E-state index contributed by atoms with van der Waals surface area (Å²) in [5.74, 6) is 0. The van der Waals surface area contributed by atoms with E-state index in [4.69, 9.17) is 24.9 Å². The van der Waals surface area contributed by atoms with Gasteiger partial charge in [0.1, 0.15) is 0 Å². The molecule has 0 fully saturated rings. The lowest BCUT2D eigenvalue weighted by Gasteiger charge is -2.15. The van der Waals surface area contributed by atoms with Crippen LogP contribution in [0.25, 0.3) is 200 Å². The Morgan fingerprint density at radius 3 is 0.898 bits per heavy atom. The molecule has 0 atom stereocenters. The minimum Gasteiger partial charge on any atom is -0.255 e. The van der Waals surface area contributed by atoms with Gasteiger partial charge in [-0.25, -0.2) is 24.9 Å². The summed E-state index contributed by atoms with van der Waals surface area (Å²) in [6.45, 7) is 0. The summed E-state index contributed by atoms with van der Waals surface area (Å²) in [5, 5.41) is 9.20. The zero-order chi connectivity index (χ0) is 71.7. The van der Waals surface area contributed by atoms with E-state index in [1.165, 1.54) is 33.0 Å². The van der Waals surface area contributed by atoms with Gasteiger partial charge in [0.25, 0.3) is 0 Å². The molecular weight excluding hydrogens is 1310 g/mol. The molecule has 108 heavy (non-hydrogen) atoms. The van der Waals surface area contributed by atoms with Crippen molar-refractivity contribution < 1.29 is 0 Å². The number of hydrogen-bond donors (Lipinski definition) is 0. The molecule has 0 bridgehead atoms. The van der Waals surface area contributed by atoms with Crippen LogP contribution in [0.15, 0.2) is 395 Å². The largest absolute Gasteiger partial charge is 0.255 e. The van der Waals surface area contributed by atoms with E-state index in [1.807, 2.05) is 54.6 Å². The molecule has 7 nitrogen and oxygen atoms in total. The summed E-state index contributed by atoms with van der Waals surface area (Å²) in [4.78, 5) is 35.0. The van der Waals surface area contributed by atoms with E-state index in [1.54, 1.807) is 12.4 Å². The summed E-state index contributed by atoms with van der Waals surface area (Å²) in [7, 11) is 0. The van der Waals surface area contributed by atoms with E-state index >= 15 is 0 Å². The average molecular weight is 1380 g/mol. The van der Waals surface area contributed by atoms with E-state index in [2.05, 4.69) is 338 Å². The Kier molecular flexibility index (Phi) is 16.8. The Bertz CT molecular complexity index is 6650. The van der Waals surface area contributed by atoms with Crippen molar-refractivity contribution in [3.63, 3.8) is 0 Å². The molecule has 0 spiro atoms. The molecule has 0 N–H and O–H groups in total. The quantitative estimate of drug-likeness (QED) is 0.113. The Labute approximate surface area is 625 Å². The van der Waals surface area contributed by atoms with Crippen LogP contribution < -0.4 is 0 Å². The Morgan fingerprint density at radius 1 is 0.167 bits per heavy atom. The first-order valence-electron chi connectivity index (χ1n) is 36.4. The smallest absolute Gasteiger partial charge is 0.0972 e. The summed E-state index contributed by atoms with van der Waals surface area (Å²) in [6.07, 6.45) is 3.60. The van der Waals surface area contributed by atoms with Gasteiger partial charge in [-0.3, -0.25) is 9.97 Å². The normalized spacial score (nSPS) is 11.3. The van der Waals surface area contributed by atoms with Gasteiger partial charge in [-0.05, 0) is 127 Å². The first kappa shape index (κ1) is 64.3. The molecule has 0 saturated heterocycles. The molecule has 7 heteroatoms. The number of fused-ring (bicyclic) bond motifs is 9. The van der Waals surface area contributed by atoms with Crippen LogP contribution in [0.1, 0.15) is 0 Å². The van der Waals surface area contributed by atoms with Crippen molar-refractivity contribution >= 4 is 65.2 Å². The molecule has 0 aliphatic rings. The number of pyridine rings is 7. The maximum absolute atomic E-state index is 5.33. The third kappa shape index (κ3) is 12.5. The maximum atomic E-state index is 5.33. The number of benzene rings is 13. The summed E-state index contributed by atoms with van der Waals surface area (Å²) < 4.78 is 0. The van der Waals surface area contributed by atoms with Crippen molar-refractivity contribution in [1.29, 1.82) is 0 Å². The highest BCUT2D eigenvalue weighted by atomic mass is 14.8. The monoisotopic (exact) mass is 1380 g/mol. The zero-order valence-electron chi connectivity index (χ0n) is 58.7. The molecule has 0 unspecified atom stereocenters. The first-order chi connectivity index (χ1) is 53.5. The second-order valence-corrected chi connectivity index (χ2v) is 27.1. The van der Waals surface area contributed by atoms with Crippen molar-refractivity contribution in [3.8, 4) is 135 Å². The van der Waals surface area contributed by atoms with Crippen molar-refractivity contribution in [2.75, 3.05) is 0 Å². The highest BCUT2D eigenvalue weighted by Gasteiger charge is 2.20. The predicted octanol–water partition coefficient (Wildman–Crippen LogP) is 26.1. The van der Waals surface area contributed by atoms with Crippen molar-refractivity contribution in [1.82, 2.24) is 34.9 Å². The van der Waals surface area contributed by atoms with Crippen LogP contribution in [0.2, 0.25) is 0 Å². The van der Waals surface area contributed by atoms with Crippen LogP contribution in [0, 0.1) is 0 Å². The average Bonchev–Trinajstić information content (AvgIpc) is 0.748. The molecule has 7 aromatic heterocycles. The SMILES string of the molecule is c1ccc(-c2ccc3ccc4ccc(-c5ccc(-c6ccc7c(c6)nc(-c6ccccc6)c6cccc(-c8ccccc8)c67)cc5)nc4c3n2)cc1.c1ccc(-c2nc3cc(-c4ccc(-c5ccc(-c6cc(-c7ccccn7)nc(-c7ccccn7)c6)cc5)cc4)ccc3c3c(-c4ccccc4)cccc23)cc1. The topological polar surface area (TPSA) is 90.2 Å². The molecule has 20 aromatic rings. The molecule has 13 aromatic carbocycles. The van der Waals surface area contributed by atoms with Crippen LogP contribution >= 0.6 is 0 Å². The molecule has 0 amide bonds. The van der Waals surface area contributed by atoms with Gasteiger partial charge >= 0.3 is 0 Å². The lowest BCUT2D eigenvalue weighted by Crippen LogP contribution is -1.94. The van der Waals surface area contributed by atoms with E-state index in [0.717, 1.165) is 167 Å². The standard InChI is InChI=1S/C52H34N4.C49H31N3/c1-3-12-39(13-4-1)43-16-11-17-45-51(43)44-29-28-41(32-48(44)56-52(45)40-14-5-2-6-15-40)37-24-20-35(21-25-37)36-22-26-38(27-23-36)42-33-49(46-18-7-9-30-53-46)55-50(34-42)47-19-8-10-31-54-47;1-4-11-33(12-5-1)40-17-10-18-42-46(40)41-28-25-39(31-45(41)52-47(42)36-15-8-3-9-16-36)32-19-21-35(22-20-32)44-30-27-38-24-23-37-26-29-43(34-13-6-2-7-14-34)50-48(37)49(38)51-44/h1-34H;1-31H. The van der Waals surface area contributed by atoms with Crippen molar-refractivity contribution in [2.45, 2.75) is 0 Å². The van der Waals surface area contributed by atoms with Gasteiger partial charge in [-0.2, -0.15) is 0 Å². The van der Waals surface area contributed by atoms with Gasteiger partial charge in [0, 0.05) is 77.7 Å². The number of aromatic nitrogens is 7. The van der Waals surface area contributed by atoms with Crippen LogP contribution in [-0.2, 0) is 0 Å². The van der Waals surface area contributed by atoms with E-state index in [9.17, 15) is 0 Å². The fraction of sp³-hybridized carbons (Fsp3) is 0. The van der Waals surface area contributed by atoms with Crippen LogP contribution in [-0.4, -0.2) is 34.9 Å². The zero-order valence-corrected chi connectivity index (χ0v) is 58.7. The highest BCUT2D eigenvalue weighted by molar-refractivity contribution is 6.19. The van der Waals surface area contributed by atoms with Gasteiger partial charge in [-0.1, -0.05) is 322 Å². The minimum atomic E-state index is 0.813. The van der Waals surface area contributed by atoms with Crippen LogP contribution in [0.5, 0.6) is 0 Å². The Hall–Kier alpha value is -14.5. The molecular formula is C101H65N7. The molecule has 0 saturated carbocycles. The lowest BCUT2D eigenvalue weighted by molar-refractivity contribution is 1.22. The van der Waals surface area contributed by atoms with Gasteiger partial charge in [0.15, 0.2) is 0 Å². The molecule has 0 aliphatic heterocycles. The summed E-state index contributed by atoms with van der Waals surface area (Å²) >= 11 is 0. The molecule has 0 radical (unpaired) electrons. The molecule has 0 aliphatic carbocycles. The van der Waals surface area contributed by atoms with Crippen LogP contribution in [0.3, 0.4) is 0 Å². The van der Waals surface area contributed by atoms with E-state index in [-0.39, 0.29) is 0 Å². The molecule has 20 rings (SSSR count). The van der Waals surface area contributed by atoms with Gasteiger partial charge in [0.2, 0.25) is 0 Å². The van der Waals surface area contributed by atoms with Crippen molar-refractivity contribution in [3.05, 3.63) is 395 Å². The highest BCUT2D eigenvalue weighted by Crippen LogP contribution is 2.43. The first-order valence-corrected chi connectivity index (χ1v) is 36.4. The Balaban J connectivity index is 0.000000147. The Morgan fingerprint density at radius 2 is 0.500 bits per heavy atom. The predicted molar refractivity (Wildman–Crippen MR) is 448 cm³/mol. The van der Waals surface area contributed by atoms with Crippen molar-refractivity contribution in [2.24, 2.45) is 0 Å². The van der Waals surface area contributed by atoms with Gasteiger partial charge < -0.3 is 0 Å². The van der Waals surface area contributed by atoms with E-state index in [0.29, 0.717) is 0 Å². The van der Waals surface area contributed by atoms with Gasteiger partial charge in [0.05, 0.1) is 67.6 Å². The summed E-state index contributed by atoms with van der Waals surface area (Å²) in [5.41, 5.74) is 29.1. The summed E-state index contributed by atoms with van der Waals surface area (Å²) in [6, 6.07) is 134. The van der Waals surface area contributed by atoms with Gasteiger partial charge in [-0.15, -0.1) is 0 Å². The molecule has 7 heterocycles. The number of rotatable bonds is 12. The van der Waals surface area contributed by atoms with E-state index < -0.39 is 0 Å².